The van der Waals surface area contributed by atoms with Gasteiger partial charge in [0.25, 0.3) is 0 Å². The maximum absolute atomic E-state index is 12.2. The lowest BCUT2D eigenvalue weighted by Crippen LogP contribution is -2.25. The van der Waals surface area contributed by atoms with Crippen LogP contribution in [0.5, 0.6) is 0 Å². The predicted octanol–water partition coefficient (Wildman–Crippen LogP) is 0.268. The Morgan fingerprint density at radius 1 is 1.43 bits per heavy atom. The number of aryl methyl sites for hydroxylation is 2. The Balaban J connectivity index is 1.91. The molecular formula is C12H19N5O3S. The Bertz CT molecular complexity index is 663. The molecule has 0 fully saturated rings. The topological polar surface area (TPSA) is 102 Å². The van der Waals surface area contributed by atoms with Crippen molar-refractivity contribution in [2.75, 3.05) is 13.6 Å². The summed E-state index contributed by atoms with van der Waals surface area (Å²) in [5, 5.41) is 10.4. The number of rotatable bonds is 8. The zero-order valence-corrected chi connectivity index (χ0v) is 12.9. The number of nitrogens with one attached hydrogen (secondary N) is 2. The molecule has 0 aliphatic rings. The van der Waals surface area contributed by atoms with Gasteiger partial charge in [-0.15, -0.1) is 5.10 Å². The van der Waals surface area contributed by atoms with Crippen LogP contribution < -0.4 is 10.0 Å². The van der Waals surface area contributed by atoms with Crippen molar-refractivity contribution in [1.82, 2.24) is 25.0 Å². The van der Waals surface area contributed by atoms with Crippen LogP contribution in [0.25, 0.3) is 0 Å². The molecule has 116 valence electrons. The van der Waals surface area contributed by atoms with Crippen molar-refractivity contribution in [2.45, 2.75) is 31.3 Å². The van der Waals surface area contributed by atoms with Crippen molar-refractivity contribution in [2.24, 2.45) is 0 Å². The van der Waals surface area contributed by atoms with Gasteiger partial charge in [-0.2, -0.15) is 0 Å². The molecule has 2 rings (SSSR count). The fourth-order valence-corrected chi connectivity index (χ4v) is 3.20. The Morgan fingerprint density at radius 2 is 2.24 bits per heavy atom. The number of nitrogens with zero attached hydrogens (tertiary/aromatic N) is 3. The molecule has 0 aliphatic carbocycles. The first-order valence-corrected chi connectivity index (χ1v) is 8.09. The maximum Gasteiger partial charge on any atom is 0.244 e. The second-order valence-corrected chi connectivity index (χ2v) is 6.32. The minimum atomic E-state index is -3.55. The summed E-state index contributed by atoms with van der Waals surface area (Å²) in [6, 6.07) is 1.55. The average Bonchev–Trinajstić information content (AvgIpc) is 3.05. The van der Waals surface area contributed by atoms with E-state index in [1.807, 2.05) is 0 Å². The van der Waals surface area contributed by atoms with E-state index in [1.54, 1.807) is 37.1 Å². The molecule has 2 aromatic rings. The van der Waals surface area contributed by atoms with Crippen molar-refractivity contribution in [1.29, 1.82) is 0 Å². The highest BCUT2D eigenvalue weighted by molar-refractivity contribution is 7.89. The number of hydrogen-bond acceptors (Lipinski definition) is 6. The Labute approximate surface area is 123 Å². The lowest BCUT2D eigenvalue weighted by atomic mass is 10.4. The van der Waals surface area contributed by atoms with Gasteiger partial charge in [-0.05, 0) is 20.4 Å². The van der Waals surface area contributed by atoms with Crippen LogP contribution >= 0.6 is 0 Å². The molecule has 0 aliphatic heterocycles. The van der Waals surface area contributed by atoms with E-state index in [0.717, 1.165) is 0 Å². The molecule has 0 amide bonds. The molecule has 2 heterocycles. The molecule has 2 N–H and O–H groups in total. The second-order valence-electron chi connectivity index (χ2n) is 4.58. The summed E-state index contributed by atoms with van der Waals surface area (Å²) >= 11 is 0. The van der Waals surface area contributed by atoms with E-state index in [-0.39, 0.29) is 4.90 Å². The van der Waals surface area contributed by atoms with Gasteiger partial charge in [-0.1, -0.05) is 5.21 Å². The molecule has 0 saturated heterocycles. The van der Waals surface area contributed by atoms with E-state index < -0.39 is 10.0 Å². The molecule has 0 spiro atoms. The van der Waals surface area contributed by atoms with Gasteiger partial charge in [-0.25, -0.2) is 13.1 Å². The molecule has 9 heteroatoms. The van der Waals surface area contributed by atoms with Gasteiger partial charge in [0.2, 0.25) is 10.0 Å². The summed E-state index contributed by atoms with van der Waals surface area (Å²) in [7, 11) is -1.77. The van der Waals surface area contributed by atoms with Crippen LogP contribution in [-0.4, -0.2) is 37.0 Å². The van der Waals surface area contributed by atoms with Crippen LogP contribution in [0.4, 0.5) is 0 Å². The van der Waals surface area contributed by atoms with Crippen molar-refractivity contribution >= 4 is 10.0 Å². The van der Waals surface area contributed by atoms with Crippen LogP contribution in [0.2, 0.25) is 0 Å². The van der Waals surface area contributed by atoms with Crippen molar-refractivity contribution in [3.63, 3.8) is 0 Å². The third kappa shape index (κ3) is 4.13. The summed E-state index contributed by atoms with van der Waals surface area (Å²) in [6.07, 6.45) is 3.95. The third-order valence-corrected chi connectivity index (χ3v) is 4.46. The summed E-state index contributed by atoms with van der Waals surface area (Å²) in [4.78, 5) is 0.188. The first kappa shape index (κ1) is 15.7. The lowest BCUT2D eigenvalue weighted by molar-refractivity contribution is 0.465. The fourth-order valence-electron chi connectivity index (χ4n) is 1.93. The van der Waals surface area contributed by atoms with Crippen LogP contribution in [0.15, 0.2) is 27.8 Å². The van der Waals surface area contributed by atoms with E-state index in [0.29, 0.717) is 37.6 Å². The molecule has 21 heavy (non-hydrogen) atoms. The van der Waals surface area contributed by atoms with Crippen LogP contribution in [0.1, 0.15) is 17.9 Å². The van der Waals surface area contributed by atoms with Crippen LogP contribution in [0.3, 0.4) is 0 Å². The van der Waals surface area contributed by atoms with E-state index >= 15 is 0 Å². The monoisotopic (exact) mass is 313 g/mol. The molecular weight excluding hydrogens is 294 g/mol. The van der Waals surface area contributed by atoms with Crippen molar-refractivity contribution in [3.8, 4) is 0 Å². The minimum absolute atomic E-state index is 0.188. The summed E-state index contributed by atoms with van der Waals surface area (Å²) in [6.45, 7) is 3.07. The highest BCUT2D eigenvalue weighted by Gasteiger charge is 2.20. The van der Waals surface area contributed by atoms with E-state index in [9.17, 15) is 8.42 Å². The summed E-state index contributed by atoms with van der Waals surface area (Å²) in [5.41, 5.74) is 0. The Hall–Kier alpha value is -1.71. The summed E-state index contributed by atoms with van der Waals surface area (Å²) in [5.74, 6) is 0.988. The third-order valence-electron chi connectivity index (χ3n) is 2.89. The molecule has 2 aromatic heterocycles. The highest BCUT2D eigenvalue weighted by Crippen LogP contribution is 2.19. The quantitative estimate of drug-likeness (QED) is 0.678. The number of aromatic nitrogens is 3. The molecule has 0 aromatic carbocycles. The van der Waals surface area contributed by atoms with E-state index in [4.69, 9.17) is 4.42 Å². The second kappa shape index (κ2) is 6.83. The van der Waals surface area contributed by atoms with Crippen LogP contribution in [-0.2, 0) is 23.1 Å². The Kier molecular flexibility index (Phi) is 5.10. The number of furan rings is 1. The zero-order valence-electron chi connectivity index (χ0n) is 12.0. The van der Waals surface area contributed by atoms with Crippen LogP contribution in [0, 0.1) is 6.92 Å². The van der Waals surface area contributed by atoms with E-state index in [1.165, 1.54) is 0 Å². The van der Waals surface area contributed by atoms with E-state index in [2.05, 4.69) is 20.4 Å². The molecule has 0 atom stereocenters. The normalized spacial score (nSPS) is 11.9. The van der Waals surface area contributed by atoms with Crippen molar-refractivity contribution < 1.29 is 12.8 Å². The van der Waals surface area contributed by atoms with Gasteiger partial charge in [0.05, 0.1) is 12.7 Å². The van der Waals surface area contributed by atoms with Gasteiger partial charge in [0.15, 0.2) is 0 Å². The van der Waals surface area contributed by atoms with Gasteiger partial charge in [0, 0.05) is 25.4 Å². The lowest BCUT2D eigenvalue weighted by Gasteiger charge is -2.05. The summed E-state index contributed by atoms with van der Waals surface area (Å²) < 4.78 is 34.0. The SMILES string of the molecule is CNCc1cc(S(=O)(=O)NCCCn2ccnn2)c(C)o1. The first-order chi connectivity index (χ1) is 10.0. The number of sulfonamides is 1. The molecule has 8 nitrogen and oxygen atoms in total. The highest BCUT2D eigenvalue weighted by atomic mass is 32.2. The largest absolute Gasteiger partial charge is 0.464 e. The molecule has 0 saturated carbocycles. The van der Waals surface area contributed by atoms with Gasteiger partial charge < -0.3 is 9.73 Å². The Morgan fingerprint density at radius 3 is 2.90 bits per heavy atom. The fraction of sp³-hybridized carbons (Fsp3) is 0.500. The van der Waals surface area contributed by atoms with Gasteiger partial charge in [0.1, 0.15) is 16.4 Å². The number of hydrogen-bond donors (Lipinski definition) is 2. The smallest absolute Gasteiger partial charge is 0.244 e. The molecule has 0 bridgehead atoms. The van der Waals surface area contributed by atoms with Crippen molar-refractivity contribution in [3.05, 3.63) is 30.0 Å². The average molecular weight is 313 g/mol. The standard InChI is InChI=1S/C12H19N5O3S/c1-10-12(8-11(20-10)9-13-2)21(18,19)15-4-3-6-17-7-5-14-16-17/h5,7-8,13,15H,3-4,6,9H2,1-2H3. The molecule has 0 unspecified atom stereocenters. The first-order valence-electron chi connectivity index (χ1n) is 6.60. The zero-order chi connectivity index (χ0) is 15.3. The van der Waals surface area contributed by atoms with Gasteiger partial charge in [-0.3, -0.25) is 4.68 Å². The predicted molar refractivity (Wildman–Crippen MR) is 76.0 cm³/mol. The van der Waals surface area contributed by atoms with Gasteiger partial charge >= 0.3 is 0 Å². The minimum Gasteiger partial charge on any atom is -0.464 e. The maximum atomic E-state index is 12.2. The molecule has 0 radical (unpaired) electrons.